The van der Waals surface area contributed by atoms with Gasteiger partial charge in [-0.2, -0.15) is 0 Å². The minimum atomic E-state index is 0.735. The van der Waals surface area contributed by atoms with Crippen LogP contribution < -0.4 is 5.32 Å². The van der Waals surface area contributed by atoms with Gasteiger partial charge in [-0.3, -0.25) is 0 Å². The maximum atomic E-state index is 5.85. The summed E-state index contributed by atoms with van der Waals surface area (Å²) in [5.41, 5.74) is 2.79. The van der Waals surface area contributed by atoms with Gasteiger partial charge in [-0.1, -0.05) is 24.3 Å². The van der Waals surface area contributed by atoms with Crippen LogP contribution in [-0.2, 0) is 18.1 Å². The topological polar surface area (TPSA) is 25.2 Å². The number of hydrogen-bond donors (Lipinski definition) is 1. The van der Waals surface area contributed by atoms with Crippen molar-refractivity contribution in [1.82, 2.24) is 5.32 Å². The molecule has 2 aromatic rings. The molecule has 1 aromatic carbocycles. The molecule has 0 amide bonds. The Morgan fingerprint density at radius 3 is 2.70 bits per heavy atom. The van der Waals surface area contributed by atoms with Crippen molar-refractivity contribution in [2.45, 2.75) is 43.9 Å². The van der Waals surface area contributed by atoms with E-state index in [0.717, 1.165) is 35.6 Å². The zero-order valence-electron chi connectivity index (χ0n) is 11.9. The number of benzene rings is 1. The molecule has 3 rings (SSSR count). The van der Waals surface area contributed by atoms with Crippen LogP contribution in [0.25, 0.3) is 0 Å². The lowest BCUT2D eigenvalue weighted by molar-refractivity contribution is 0.458. The Bertz CT molecular complexity index is 560. The molecule has 0 saturated heterocycles. The van der Waals surface area contributed by atoms with Crippen LogP contribution in [0.3, 0.4) is 0 Å². The third kappa shape index (κ3) is 3.90. The average molecular weight is 287 g/mol. The third-order valence-electron chi connectivity index (χ3n) is 3.62. The molecule has 1 saturated carbocycles. The van der Waals surface area contributed by atoms with Gasteiger partial charge < -0.3 is 9.73 Å². The first-order valence-corrected chi connectivity index (χ1v) is 8.40. The van der Waals surface area contributed by atoms with Crippen molar-refractivity contribution in [3.8, 4) is 0 Å². The quantitative estimate of drug-likeness (QED) is 0.823. The van der Waals surface area contributed by atoms with E-state index in [9.17, 15) is 0 Å². The van der Waals surface area contributed by atoms with Crippen molar-refractivity contribution in [1.29, 1.82) is 0 Å². The molecule has 1 aliphatic rings. The largest absolute Gasteiger partial charge is 0.464 e. The van der Waals surface area contributed by atoms with Crippen molar-refractivity contribution < 1.29 is 4.42 Å². The van der Waals surface area contributed by atoms with E-state index < -0.39 is 0 Å². The molecule has 1 N–H and O–H groups in total. The Labute approximate surface area is 125 Å². The predicted molar refractivity (Wildman–Crippen MR) is 84.7 cm³/mol. The highest BCUT2D eigenvalue weighted by Gasteiger charge is 2.20. The van der Waals surface area contributed by atoms with Gasteiger partial charge in [0.05, 0.1) is 12.3 Å². The Morgan fingerprint density at radius 2 is 1.90 bits per heavy atom. The van der Waals surface area contributed by atoms with Crippen LogP contribution in [0.2, 0.25) is 0 Å². The highest BCUT2D eigenvalue weighted by molar-refractivity contribution is 7.97. The highest BCUT2D eigenvalue weighted by Crippen LogP contribution is 2.22. The van der Waals surface area contributed by atoms with Gasteiger partial charge in [0.1, 0.15) is 11.5 Å². The Kier molecular flexibility index (Phi) is 4.48. The second kappa shape index (κ2) is 6.51. The van der Waals surface area contributed by atoms with E-state index in [1.807, 2.05) is 11.8 Å². The molecule has 1 fully saturated rings. The van der Waals surface area contributed by atoms with E-state index in [1.165, 1.54) is 24.0 Å². The van der Waals surface area contributed by atoms with E-state index in [4.69, 9.17) is 4.42 Å². The fourth-order valence-corrected chi connectivity index (χ4v) is 3.16. The minimum Gasteiger partial charge on any atom is -0.464 e. The van der Waals surface area contributed by atoms with Gasteiger partial charge in [0.2, 0.25) is 0 Å². The second-order valence-electron chi connectivity index (χ2n) is 5.44. The third-order valence-corrected chi connectivity index (χ3v) is 4.63. The number of hydrogen-bond acceptors (Lipinski definition) is 3. The molecular weight excluding hydrogens is 266 g/mol. The van der Waals surface area contributed by atoms with Crippen LogP contribution in [0.15, 0.2) is 40.8 Å². The summed E-state index contributed by atoms with van der Waals surface area (Å²) in [4.78, 5) is 0. The average Bonchev–Trinajstić information content (AvgIpc) is 3.18. The summed E-state index contributed by atoms with van der Waals surface area (Å²) in [6.07, 6.45) is 2.64. The molecular formula is C17H21NOS. The molecule has 1 aromatic heterocycles. The first-order valence-electron chi connectivity index (χ1n) is 7.24. The second-order valence-corrected chi connectivity index (χ2v) is 6.43. The summed E-state index contributed by atoms with van der Waals surface area (Å²) in [5.74, 6) is 4.13. The van der Waals surface area contributed by atoms with Gasteiger partial charge in [-0.05, 0) is 43.0 Å². The van der Waals surface area contributed by atoms with Crippen LogP contribution in [0.1, 0.15) is 35.5 Å². The molecule has 0 spiro atoms. The summed E-state index contributed by atoms with van der Waals surface area (Å²) in [6.45, 7) is 3.04. The fraction of sp³-hybridized carbons (Fsp3) is 0.412. The van der Waals surface area contributed by atoms with Gasteiger partial charge in [0.25, 0.3) is 0 Å². The Balaban J connectivity index is 1.45. The molecule has 0 radical (unpaired) electrons. The summed E-state index contributed by atoms with van der Waals surface area (Å²) in [5, 5.41) is 3.48. The monoisotopic (exact) mass is 287 g/mol. The van der Waals surface area contributed by atoms with Crippen molar-refractivity contribution >= 4 is 11.8 Å². The smallest absolute Gasteiger partial charge is 0.118 e. The first kappa shape index (κ1) is 13.8. The van der Waals surface area contributed by atoms with Gasteiger partial charge >= 0.3 is 0 Å². The van der Waals surface area contributed by atoms with Crippen LogP contribution in [0, 0.1) is 6.92 Å². The molecule has 0 aliphatic heterocycles. The molecule has 1 aliphatic carbocycles. The van der Waals surface area contributed by atoms with Crippen molar-refractivity contribution in [2.24, 2.45) is 0 Å². The molecule has 3 heteroatoms. The van der Waals surface area contributed by atoms with Crippen LogP contribution in [0.4, 0.5) is 0 Å². The lowest BCUT2D eigenvalue weighted by atomic mass is 10.1. The van der Waals surface area contributed by atoms with E-state index >= 15 is 0 Å². The normalized spacial score (nSPS) is 14.7. The zero-order chi connectivity index (χ0) is 13.8. The van der Waals surface area contributed by atoms with E-state index in [2.05, 4.69) is 48.6 Å². The van der Waals surface area contributed by atoms with Crippen molar-refractivity contribution in [3.05, 3.63) is 59.0 Å². The van der Waals surface area contributed by atoms with Crippen molar-refractivity contribution in [2.75, 3.05) is 0 Å². The Hall–Kier alpha value is -1.19. The van der Waals surface area contributed by atoms with Crippen LogP contribution >= 0.6 is 11.8 Å². The minimum absolute atomic E-state index is 0.735. The molecule has 0 bridgehead atoms. The lowest BCUT2D eigenvalue weighted by Gasteiger charge is -2.04. The van der Waals surface area contributed by atoms with E-state index in [-0.39, 0.29) is 0 Å². The molecule has 2 nitrogen and oxygen atoms in total. The van der Waals surface area contributed by atoms with Gasteiger partial charge in [0.15, 0.2) is 0 Å². The lowest BCUT2D eigenvalue weighted by Crippen LogP contribution is -2.14. The summed E-state index contributed by atoms with van der Waals surface area (Å²) in [6, 6.07) is 13.5. The van der Waals surface area contributed by atoms with Crippen LogP contribution in [0.5, 0.6) is 0 Å². The summed E-state index contributed by atoms with van der Waals surface area (Å²) >= 11 is 1.91. The van der Waals surface area contributed by atoms with Gasteiger partial charge in [-0.15, -0.1) is 11.8 Å². The Morgan fingerprint density at radius 1 is 1.10 bits per heavy atom. The fourth-order valence-electron chi connectivity index (χ4n) is 2.16. The number of nitrogens with one attached hydrogen (secondary N) is 1. The van der Waals surface area contributed by atoms with E-state index in [1.54, 1.807) is 0 Å². The molecule has 0 unspecified atom stereocenters. The first-order chi connectivity index (χ1) is 9.81. The maximum absolute atomic E-state index is 5.85. The number of aryl methyl sites for hydroxylation is 1. The zero-order valence-corrected chi connectivity index (χ0v) is 12.7. The van der Waals surface area contributed by atoms with Crippen LogP contribution in [-0.4, -0.2) is 6.04 Å². The van der Waals surface area contributed by atoms with E-state index in [0.29, 0.717) is 0 Å². The molecule has 1 heterocycles. The molecule has 106 valence electrons. The predicted octanol–water partition coefficient (Wildman–Crippen LogP) is 4.27. The highest BCUT2D eigenvalue weighted by atomic mass is 32.2. The van der Waals surface area contributed by atoms with Gasteiger partial charge in [0, 0.05) is 11.8 Å². The standard InChI is InChI=1S/C17H21NOS/c1-13-4-2-3-5-14(13)11-20-12-17-9-8-16(19-17)10-18-15-6-7-15/h2-5,8-9,15,18H,6-7,10-12H2,1H3. The number of thioether (sulfide) groups is 1. The van der Waals surface area contributed by atoms with Gasteiger partial charge in [-0.25, -0.2) is 0 Å². The summed E-state index contributed by atoms with van der Waals surface area (Å²) < 4.78 is 5.85. The molecule has 20 heavy (non-hydrogen) atoms. The number of furan rings is 1. The molecule has 0 atom stereocenters. The summed E-state index contributed by atoms with van der Waals surface area (Å²) in [7, 11) is 0. The number of rotatable bonds is 7. The SMILES string of the molecule is Cc1ccccc1CSCc1ccc(CNC2CC2)o1. The van der Waals surface area contributed by atoms with Crippen molar-refractivity contribution in [3.63, 3.8) is 0 Å². The maximum Gasteiger partial charge on any atom is 0.118 e.